The van der Waals surface area contributed by atoms with Crippen LogP contribution in [0.3, 0.4) is 0 Å². The predicted molar refractivity (Wildman–Crippen MR) is 101 cm³/mol. The highest BCUT2D eigenvalue weighted by molar-refractivity contribution is 6.31. The zero-order chi connectivity index (χ0) is 18.7. The highest BCUT2D eigenvalue weighted by Gasteiger charge is 2.11. The summed E-state index contributed by atoms with van der Waals surface area (Å²) in [5.74, 6) is -0.781. The largest absolute Gasteiger partial charge is 0.324 e. The van der Waals surface area contributed by atoms with Crippen LogP contribution in [-0.2, 0) is 0 Å². The molecule has 0 saturated carbocycles. The Labute approximate surface area is 159 Å². The van der Waals surface area contributed by atoms with Crippen molar-refractivity contribution in [1.29, 1.82) is 0 Å². The zero-order valence-corrected chi connectivity index (χ0v) is 15.1. The number of rotatable bonds is 4. The molecule has 1 heterocycles. The van der Waals surface area contributed by atoms with Crippen molar-refractivity contribution in [2.45, 2.75) is 6.92 Å². The number of nitrogens with one attached hydrogen (secondary N) is 2. The van der Waals surface area contributed by atoms with Crippen LogP contribution in [0.15, 0.2) is 48.7 Å². The lowest BCUT2D eigenvalue weighted by Crippen LogP contribution is -2.15. The average Bonchev–Trinajstić information content (AvgIpc) is 2.62. The molecule has 0 aliphatic heterocycles. The first-order valence-corrected chi connectivity index (χ1v) is 8.31. The number of hydrogen-bond acceptors (Lipinski definition) is 4. The third-order valence-corrected chi connectivity index (χ3v) is 4.28. The van der Waals surface area contributed by atoms with E-state index in [1.54, 1.807) is 12.1 Å². The van der Waals surface area contributed by atoms with Crippen molar-refractivity contribution in [3.63, 3.8) is 0 Å². The Kier molecular flexibility index (Phi) is 5.35. The highest BCUT2D eigenvalue weighted by Crippen LogP contribution is 2.25. The van der Waals surface area contributed by atoms with Crippen molar-refractivity contribution in [2.24, 2.45) is 0 Å². The third-order valence-electron chi connectivity index (χ3n) is 3.58. The molecule has 0 bridgehead atoms. The quantitative estimate of drug-likeness (QED) is 0.640. The molecule has 1 amide bonds. The number of benzene rings is 2. The lowest BCUT2D eigenvalue weighted by atomic mass is 10.2. The minimum atomic E-state index is -0.560. The lowest BCUT2D eigenvalue weighted by Gasteiger charge is -2.10. The maximum Gasteiger partial charge on any atom is 0.274 e. The number of carbonyl (C=O) groups is 1. The Balaban J connectivity index is 1.79. The molecule has 0 fully saturated rings. The normalized spacial score (nSPS) is 10.5. The summed E-state index contributed by atoms with van der Waals surface area (Å²) in [4.78, 5) is 20.6. The molecule has 132 valence electrons. The summed E-state index contributed by atoms with van der Waals surface area (Å²) in [6.45, 7) is 1.86. The molecule has 26 heavy (non-hydrogen) atoms. The monoisotopic (exact) mass is 390 g/mol. The number of halogens is 3. The van der Waals surface area contributed by atoms with Crippen LogP contribution in [-0.4, -0.2) is 15.9 Å². The molecule has 0 saturated heterocycles. The van der Waals surface area contributed by atoms with Gasteiger partial charge in [-0.05, 0) is 48.9 Å². The minimum absolute atomic E-state index is 0.0794. The molecule has 2 N–H and O–H groups in total. The van der Waals surface area contributed by atoms with E-state index in [-0.39, 0.29) is 16.7 Å². The molecule has 0 aliphatic carbocycles. The molecular weight excluding hydrogens is 378 g/mol. The van der Waals surface area contributed by atoms with Gasteiger partial charge >= 0.3 is 0 Å². The van der Waals surface area contributed by atoms with E-state index in [1.165, 1.54) is 30.5 Å². The Morgan fingerprint density at radius 3 is 2.69 bits per heavy atom. The summed E-state index contributed by atoms with van der Waals surface area (Å²) in [6.07, 6.45) is 1.46. The van der Waals surface area contributed by atoms with Crippen LogP contribution in [0.5, 0.6) is 0 Å². The van der Waals surface area contributed by atoms with Crippen LogP contribution >= 0.6 is 23.2 Å². The minimum Gasteiger partial charge on any atom is -0.324 e. The second kappa shape index (κ2) is 7.68. The van der Waals surface area contributed by atoms with Gasteiger partial charge in [0.2, 0.25) is 5.95 Å². The third kappa shape index (κ3) is 4.09. The van der Waals surface area contributed by atoms with E-state index in [4.69, 9.17) is 23.2 Å². The van der Waals surface area contributed by atoms with E-state index < -0.39 is 11.7 Å². The Bertz CT molecular complexity index is 981. The van der Waals surface area contributed by atoms with Gasteiger partial charge in [0.05, 0.1) is 5.02 Å². The van der Waals surface area contributed by atoms with Crippen molar-refractivity contribution in [2.75, 3.05) is 10.6 Å². The van der Waals surface area contributed by atoms with Gasteiger partial charge in [-0.1, -0.05) is 29.3 Å². The van der Waals surface area contributed by atoms with E-state index in [0.29, 0.717) is 10.7 Å². The Hall–Kier alpha value is -2.70. The molecule has 0 atom stereocenters. The second-order valence-electron chi connectivity index (χ2n) is 5.39. The fourth-order valence-corrected chi connectivity index (χ4v) is 2.53. The standard InChI is InChI=1S/C18H13Cl2FN4O/c1-10-12(19)3-2-4-15(10)24-18-22-8-7-16(25-18)17(26)23-11-5-6-14(21)13(20)9-11/h2-9H,1H3,(H,23,26)(H,22,24,25). The summed E-state index contributed by atoms with van der Waals surface area (Å²) in [5, 5.41) is 6.17. The molecule has 2 aromatic carbocycles. The number of amides is 1. The molecule has 5 nitrogen and oxygen atoms in total. The van der Waals surface area contributed by atoms with Gasteiger partial charge in [0, 0.05) is 22.6 Å². The summed E-state index contributed by atoms with van der Waals surface area (Å²) in [7, 11) is 0. The van der Waals surface area contributed by atoms with Crippen molar-refractivity contribution in [3.8, 4) is 0 Å². The molecule has 3 aromatic rings. The van der Waals surface area contributed by atoms with Gasteiger partial charge in [0.25, 0.3) is 5.91 Å². The van der Waals surface area contributed by atoms with Gasteiger partial charge in [0.1, 0.15) is 11.5 Å². The van der Waals surface area contributed by atoms with Crippen molar-refractivity contribution >= 4 is 46.4 Å². The van der Waals surface area contributed by atoms with Gasteiger partial charge < -0.3 is 10.6 Å². The SMILES string of the molecule is Cc1c(Cl)cccc1Nc1nccc(C(=O)Nc2ccc(F)c(Cl)c2)n1. The number of nitrogens with zero attached hydrogens (tertiary/aromatic N) is 2. The first kappa shape index (κ1) is 18.1. The fourth-order valence-electron chi connectivity index (χ4n) is 2.18. The molecule has 3 rings (SSSR count). The molecule has 1 aromatic heterocycles. The molecule has 8 heteroatoms. The van der Waals surface area contributed by atoms with E-state index >= 15 is 0 Å². The smallest absolute Gasteiger partial charge is 0.274 e. The van der Waals surface area contributed by atoms with Gasteiger partial charge in [0.15, 0.2) is 0 Å². The Morgan fingerprint density at radius 1 is 1.12 bits per heavy atom. The van der Waals surface area contributed by atoms with E-state index in [9.17, 15) is 9.18 Å². The summed E-state index contributed by atoms with van der Waals surface area (Å²) in [5.41, 5.74) is 2.08. The van der Waals surface area contributed by atoms with Crippen LogP contribution in [0.2, 0.25) is 10.0 Å². The summed E-state index contributed by atoms with van der Waals surface area (Å²) in [6, 6.07) is 10.8. The van der Waals surface area contributed by atoms with Crippen LogP contribution in [0.1, 0.15) is 16.1 Å². The van der Waals surface area contributed by atoms with E-state index in [2.05, 4.69) is 20.6 Å². The molecule has 0 spiro atoms. The first-order chi connectivity index (χ1) is 12.4. The Morgan fingerprint density at radius 2 is 1.92 bits per heavy atom. The van der Waals surface area contributed by atoms with E-state index in [1.807, 2.05) is 13.0 Å². The topological polar surface area (TPSA) is 66.9 Å². The fraction of sp³-hybridized carbons (Fsp3) is 0.0556. The summed E-state index contributed by atoms with van der Waals surface area (Å²) >= 11 is 11.8. The number of hydrogen-bond donors (Lipinski definition) is 2. The highest BCUT2D eigenvalue weighted by atomic mass is 35.5. The first-order valence-electron chi connectivity index (χ1n) is 7.55. The van der Waals surface area contributed by atoms with Crippen LogP contribution in [0.25, 0.3) is 0 Å². The van der Waals surface area contributed by atoms with Gasteiger partial charge in [-0.3, -0.25) is 4.79 Å². The van der Waals surface area contributed by atoms with Crippen LogP contribution < -0.4 is 10.6 Å². The molecule has 0 radical (unpaired) electrons. The average molecular weight is 391 g/mol. The molecule has 0 aliphatic rings. The number of anilines is 3. The number of aromatic nitrogens is 2. The van der Waals surface area contributed by atoms with E-state index in [0.717, 1.165) is 11.3 Å². The maximum atomic E-state index is 13.2. The molecular formula is C18H13Cl2FN4O. The van der Waals surface area contributed by atoms with Crippen molar-refractivity contribution in [1.82, 2.24) is 9.97 Å². The zero-order valence-electron chi connectivity index (χ0n) is 13.6. The van der Waals surface area contributed by atoms with Crippen molar-refractivity contribution < 1.29 is 9.18 Å². The number of carbonyl (C=O) groups excluding carboxylic acids is 1. The lowest BCUT2D eigenvalue weighted by molar-refractivity contribution is 0.102. The van der Waals surface area contributed by atoms with Crippen LogP contribution in [0.4, 0.5) is 21.7 Å². The molecule has 0 unspecified atom stereocenters. The van der Waals surface area contributed by atoms with Gasteiger partial charge in [-0.25, -0.2) is 14.4 Å². The predicted octanol–water partition coefficient (Wildman–Crippen LogP) is 5.23. The summed E-state index contributed by atoms with van der Waals surface area (Å²) < 4.78 is 13.2. The van der Waals surface area contributed by atoms with Crippen molar-refractivity contribution in [3.05, 3.63) is 75.8 Å². The maximum absolute atomic E-state index is 13.2. The second-order valence-corrected chi connectivity index (χ2v) is 6.20. The van der Waals surface area contributed by atoms with Gasteiger partial charge in [-0.2, -0.15) is 0 Å². The van der Waals surface area contributed by atoms with Crippen LogP contribution in [0, 0.1) is 12.7 Å². The van der Waals surface area contributed by atoms with Gasteiger partial charge in [-0.15, -0.1) is 0 Å².